The maximum absolute atomic E-state index is 15.4. The Morgan fingerprint density at radius 2 is 0.767 bits per heavy atom. The maximum atomic E-state index is 15.4. The van der Waals surface area contributed by atoms with Crippen molar-refractivity contribution in [3.8, 4) is 44.9 Å². The normalized spacial score (nSPS) is 17.9. The summed E-state index contributed by atoms with van der Waals surface area (Å²) < 4.78 is 43.9. The van der Waals surface area contributed by atoms with Gasteiger partial charge in [-0.3, -0.25) is 9.13 Å². The first kappa shape index (κ1) is 38.1. The molecule has 0 aliphatic carbocycles. The highest BCUT2D eigenvalue weighted by Crippen LogP contribution is 2.65. The minimum absolute atomic E-state index is 0.556. The Morgan fingerprint density at radius 1 is 0.400 bits per heavy atom. The van der Waals surface area contributed by atoms with Gasteiger partial charge in [0.15, 0.2) is 0 Å². The van der Waals surface area contributed by atoms with Crippen LogP contribution in [0.15, 0.2) is 194 Å². The highest BCUT2D eigenvalue weighted by Gasteiger charge is 2.41. The van der Waals surface area contributed by atoms with Crippen molar-refractivity contribution in [3.05, 3.63) is 226 Å². The van der Waals surface area contributed by atoms with Crippen LogP contribution in [0.25, 0.3) is 56.2 Å². The predicted octanol–water partition coefficient (Wildman–Crippen LogP) is 15.0. The van der Waals surface area contributed by atoms with Crippen molar-refractivity contribution in [2.75, 3.05) is 0 Å². The lowest BCUT2D eigenvalue weighted by atomic mass is 10.0. The first-order chi connectivity index (χ1) is 29.3. The van der Waals surface area contributed by atoms with Crippen LogP contribution in [0.1, 0.15) is 22.3 Å². The Kier molecular flexibility index (Phi) is 9.83. The van der Waals surface area contributed by atoms with E-state index in [1.54, 1.807) is 12.1 Å². The van der Waals surface area contributed by atoms with Gasteiger partial charge in [0.1, 0.15) is 11.5 Å². The van der Waals surface area contributed by atoms with Crippen molar-refractivity contribution in [3.63, 3.8) is 0 Å². The minimum atomic E-state index is -3.65. The molecule has 0 spiro atoms. The molecule has 2 unspecified atom stereocenters. The van der Waals surface area contributed by atoms with Gasteiger partial charge in [0.25, 0.3) is 0 Å². The SMILES string of the molecule is O=P1(C(=Cc2ccc(-c3ccc(C=C(c4ccccc4)P4(=O)Oc5ccccc5-c5cc(Cl)ccc54)cc3)cc2)c2ccccc2)Oc2ccccc2-c2cc(Cl)ccc21. The van der Waals surface area contributed by atoms with E-state index < -0.39 is 14.7 Å². The lowest BCUT2D eigenvalue weighted by Gasteiger charge is -2.30. The molecule has 0 radical (unpaired) electrons. The van der Waals surface area contributed by atoms with Gasteiger partial charge in [-0.25, -0.2) is 0 Å². The van der Waals surface area contributed by atoms with Crippen molar-refractivity contribution >= 4 is 71.3 Å². The molecule has 0 saturated heterocycles. The van der Waals surface area contributed by atoms with Crippen LogP contribution in [0.2, 0.25) is 10.0 Å². The zero-order valence-electron chi connectivity index (χ0n) is 31.9. The van der Waals surface area contributed by atoms with Gasteiger partial charge in [-0.05, 0) is 94.1 Å². The fraction of sp³-hybridized carbons (Fsp3) is 0. The van der Waals surface area contributed by atoms with Crippen molar-refractivity contribution in [1.29, 1.82) is 0 Å². The Bertz CT molecular complexity index is 2890. The molecule has 4 nitrogen and oxygen atoms in total. The summed E-state index contributed by atoms with van der Waals surface area (Å²) in [5, 5.41) is 3.54. The molecule has 0 bridgehead atoms. The van der Waals surface area contributed by atoms with E-state index in [1.807, 2.05) is 170 Å². The van der Waals surface area contributed by atoms with Gasteiger partial charge in [0.05, 0.1) is 21.2 Å². The lowest BCUT2D eigenvalue weighted by Crippen LogP contribution is -2.18. The van der Waals surface area contributed by atoms with Crippen molar-refractivity contribution in [1.82, 2.24) is 0 Å². The topological polar surface area (TPSA) is 52.6 Å². The number of hydrogen-bond donors (Lipinski definition) is 0. The first-order valence-corrected chi connectivity index (χ1v) is 23.4. The van der Waals surface area contributed by atoms with E-state index in [-0.39, 0.29) is 0 Å². The van der Waals surface area contributed by atoms with Crippen LogP contribution in [0.4, 0.5) is 0 Å². The molecule has 2 aliphatic heterocycles. The third kappa shape index (κ3) is 6.86. The van der Waals surface area contributed by atoms with E-state index in [1.165, 1.54) is 0 Å². The molecule has 0 saturated carbocycles. The summed E-state index contributed by atoms with van der Waals surface area (Å²) in [6.45, 7) is 0. The smallest absolute Gasteiger partial charge is 0.308 e. The second-order valence-electron chi connectivity index (χ2n) is 14.6. The average molecular weight is 856 g/mol. The lowest BCUT2D eigenvalue weighted by molar-refractivity contribution is 0.501. The van der Waals surface area contributed by atoms with Crippen molar-refractivity contribution < 1.29 is 18.2 Å². The monoisotopic (exact) mass is 854 g/mol. The van der Waals surface area contributed by atoms with Gasteiger partial charge in [-0.1, -0.05) is 169 Å². The predicted molar refractivity (Wildman–Crippen MR) is 250 cm³/mol. The van der Waals surface area contributed by atoms with Crippen LogP contribution in [0, 0.1) is 0 Å². The molecule has 290 valence electrons. The van der Waals surface area contributed by atoms with Gasteiger partial charge in [-0.2, -0.15) is 0 Å². The maximum Gasteiger partial charge on any atom is 0.308 e. The molecule has 10 rings (SSSR count). The zero-order chi connectivity index (χ0) is 40.8. The van der Waals surface area contributed by atoms with Gasteiger partial charge < -0.3 is 9.05 Å². The van der Waals surface area contributed by atoms with Crippen LogP contribution in [0.5, 0.6) is 11.5 Å². The van der Waals surface area contributed by atoms with Crippen LogP contribution >= 0.6 is 37.9 Å². The summed E-state index contributed by atoms with van der Waals surface area (Å²) in [4.78, 5) is 0. The van der Waals surface area contributed by atoms with Crippen LogP contribution in [-0.2, 0) is 9.13 Å². The van der Waals surface area contributed by atoms with Crippen LogP contribution in [-0.4, -0.2) is 0 Å². The molecule has 2 heterocycles. The van der Waals surface area contributed by atoms with Crippen LogP contribution < -0.4 is 19.7 Å². The molecule has 0 aromatic heterocycles. The standard InChI is InChI=1S/C52H34Cl2O4P2/c53-41-27-29-49-45(33-41)43-15-7-9-17-47(43)57-59(49,55)51(39-11-3-1-4-12-39)31-35-19-23-37(24-20-35)38-25-21-36(22-26-38)32-52(40-13-5-2-6-14-40)60(56)50-30-28-42(54)34-46(50)44-16-8-10-18-48(44)58-60/h1-34H. The van der Waals surface area contributed by atoms with Gasteiger partial charge in [-0.15, -0.1) is 0 Å². The summed E-state index contributed by atoms with van der Waals surface area (Å²) in [6.07, 6.45) is 3.93. The van der Waals surface area contributed by atoms with Crippen LogP contribution in [0.3, 0.4) is 0 Å². The second-order valence-corrected chi connectivity index (χ2v) is 20.0. The number of benzene rings is 8. The van der Waals surface area contributed by atoms with Gasteiger partial charge in [0, 0.05) is 32.3 Å². The number of para-hydroxylation sites is 2. The summed E-state index contributed by atoms with van der Waals surface area (Å²) in [5.41, 5.74) is 8.69. The highest BCUT2D eigenvalue weighted by atomic mass is 35.5. The molecule has 8 heteroatoms. The molecule has 2 aliphatic rings. The number of rotatable bonds is 7. The molecule has 0 N–H and O–H groups in total. The van der Waals surface area contributed by atoms with E-state index in [0.717, 1.165) is 55.6 Å². The Balaban J connectivity index is 1.00. The molecule has 0 amide bonds. The fourth-order valence-electron chi connectivity index (χ4n) is 7.99. The number of fused-ring (bicyclic) bond motifs is 6. The van der Waals surface area contributed by atoms with E-state index in [0.29, 0.717) is 42.8 Å². The van der Waals surface area contributed by atoms with E-state index >= 15 is 9.13 Å². The van der Waals surface area contributed by atoms with Gasteiger partial charge in [0.2, 0.25) is 0 Å². The van der Waals surface area contributed by atoms with Crippen molar-refractivity contribution in [2.45, 2.75) is 0 Å². The summed E-state index contributed by atoms with van der Waals surface area (Å²) in [5.74, 6) is 1.11. The summed E-state index contributed by atoms with van der Waals surface area (Å²) in [7, 11) is -7.30. The molecular formula is C52H34Cl2O4P2. The quantitative estimate of drug-likeness (QED) is 0.118. The molecule has 0 fully saturated rings. The number of halogens is 2. The zero-order valence-corrected chi connectivity index (χ0v) is 35.2. The fourth-order valence-corrected chi connectivity index (χ4v) is 13.3. The molecule has 8 aromatic carbocycles. The largest absolute Gasteiger partial charge is 0.436 e. The van der Waals surface area contributed by atoms with Crippen molar-refractivity contribution in [2.24, 2.45) is 0 Å². The first-order valence-electron chi connectivity index (χ1n) is 19.4. The summed E-state index contributed by atoms with van der Waals surface area (Å²) in [6, 6.07) is 62.0. The Labute approximate surface area is 358 Å². The van der Waals surface area contributed by atoms with E-state index in [4.69, 9.17) is 32.2 Å². The van der Waals surface area contributed by atoms with E-state index in [9.17, 15) is 0 Å². The molecule has 60 heavy (non-hydrogen) atoms. The van der Waals surface area contributed by atoms with Gasteiger partial charge >= 0.3 is 14.7 Å². The summed E-state index contributed by atoms with van der Waals surface area (Å²) >= 11 is 13.0. The molecule has 2 atom stereocenters. The third-order valence-corrected chi connectivity index (χ3v) is 16.4. The Morgan fingerprint density at radius 3 is 1.17 bits per heavy atom. The number of hydrogen-bond acceptors (Lipinski definition) is 4. The second kappa shape index (κ2) is 15.5. The Hall–Kier alpha value is -6.12. The third-order valence-electron chi connectivity index (χ3n) is 10.9. The minimum Gasteiger partial charge on any atom is -0.436 e. The van der Waals surface area contributed by atoms with E-state index in [2.05, 4.69) is 24.3 Å². The average Bonchev–Trinajstić information content (AvgIpc) is 3.28. The highest BCUT2D eigenvalue weighted by molar-refractivity contribution is 7.78. The molecular weight excluding hydrogens is 821 g/mol. The molecule has 8 aromatic rings.